The minimum absolute atomic E-state index is 0.426. The highest BCUT2D eigenvalue weighted by Gasteiger charge is 2.16. The average Bonchev–Trinajstić information content (AvgIpc) is 3.19. The van der Waals surface area contributed by atoms with Gasteiger partial charge in [-0.15, -0.1) is 0 Å². The normalized spacial score (nSPS) is 14.8. The Morgan fingerprint density at radius 3 is 2.68 bits per heavy atom. The van der Waals surface area contributed by atoms with E-state index in [0.717, 1.165) is 48.4 Å². The van der Waals surface area contributed by atoms with Gasteiger partial charge >= 0.3 is 0 Å². The monoisotopic (exact) mass is 377 g/mol. The van der Waals surface area contributed by atoms with Crippen molar-refractivity contribution >= 4 is 17.5 Å². The topological polar surface area (TPSA) is 111 Å². The number of aromatic nitrogens is 4. The Kier molecular flexibility index (Phi) is 5.03. The van der Waals surface area contributed by atoms with Gasteiger partial charge in [0.15, 0.2) is 0 Å². The number of carbonyl (C=O) groups is 1. The molecule has 0 radical (unpaired) electrons. The molecule has 1 saturated heterocycles. The van der Waals surface area contributed by atoms with Gasteiger partial charge < -0.3 is 16.4 Å². The van der Waals surface area contributed by atoms with Crippen molar-refractivity contribution in [2.45, 2.75) is 25.8 Å². The molecule has 8 nitrogen and oxygen atoms in total. The number of hydrogen-bond acceptors (Lipinski definition) is 6. The van der Waals surface area contributed by atoms with Crippen LogP contribution in [0.3, 0.4) is 0 Å². The Labute approximate surface area is 163 Å². The first-order valence-electron chi connectivity index (χ1n) is 9.36. The maximum Gasteiger partial charge on any atom is 0.248 e. The van der Waals surface area contributed by atoms with Gasteiger partial charge in [0.2, 0.25) is 11.9 Å². The van der Waals surface area contributed by atoms with E-state index < -0.39 is 5.91 Å². The molecular weight excluding hydrogens is 354 g/mol. The van der Waals surface area contributed by atoms with Gasteiger partial charge in [-0.2, -0.15) is 5.10 Å². The third-order valence-corrected chi connectivity index (χ3v) is 4.96. The lowest BCUT2D eigenvalue weighted by Crippen LogP contribution is -2.29. The minimum Gasteiger partial charge on any atom is -0.366 e. The van der Waals surface area contributed by atoms with Crippen LogP contribution in [0, 0.1) is 6.92 Å². The van der Waals surface area contributed by atoms with Crippen LogP contribution in [0.1, 0.15) is 34.8 Å². The third kappa shape index (κ3) is 3.86. The average molecular weight is 377 g/mol. The van der Waals surface area contributed by atoms with Gasteiger partial charge in [-0.1, -0.05) is 12.1 Å². The van der Waals surface area contributed by atoms with Crippen molar-refractivity contribution in [3.63, 3.8) is 0 Å². The van der Waals surface area contributed by atoms with E-state index in [4.69, 9.17) is 5.73 Å². The molecule has 0 saturated carbocycles. The number of aryl methyl sites for hydroxylation is 1. The molecule has 4 rings (SSSR count). The van der Waals surface area contributed by atoms with Crippen molar-refractivity contribution < 1.29 is 4.79 Å². The maximum absolute atomic E-state index is 11.3. The summed E-state index contributed by atoms with van der Waals surface area (Å²) in [5, 5.41) is 11.1. The van der Waals surface area contributed by atoms with Crippen molar-refractivity contribution in [3.05, 3.63) is 54.0 Å². The fourth-order valence-corrected chi connectivity index (χ4v) is 3.39. The molecule has 144 valence electrons. The summed E-state index contributed by atoms with van der Waals surface area (Å²) in [6.45, 7) is 3.99. The van der Waals surface area contributed by atoms with Gasteiger partial charge in [0.25, 0.3) is 0 Å². The van der Waals surface area contributed by atoms with E-state index in [1.165, 1.54) is 0 Å². The summed E-state index contributed by atoms with van der Waals surface area (Å²) in [6, 6.07) is 7.52. The summed E-state index contributed by atoms with van der Waals surface area (Å²) in [5.41, 5.74) is 9.30. The van der Waals surface area contributed by atoms with E-state index in [2.05, 4.69) is 25.7 Å². The van der Waals surface area contributed by atoms with E-state index in [1.807, 2.05) is 29.9 Å². The van der Waals surface area contributed by atoms with E-state index >= 15 is 0 Å². The molecule has 0 bridgehead atoms. The van der Waals surface area contributed by atoms with Crippen LogP contribution in [0.15, 0.2) is 42.9 Å². The molecule has 0 atom stereocenters. The number of piperidine rings is 1. The second-order valence-corrected chi connectivity index (χ2v) is 6.98. The van der Waals surface area contributed by atoms with E-state index in [-0.39, 0.29) is 0 Å². The van der Waals surface area contributed by atoms with Crippen LogP contribution in [-0.4, -0.2) is 38.7 Å². The summed E-state index contributed by atoms with van der Waals surface area (Å²) in [7, 11) is 0. The number of nitrogens with zero attached hydrogens (tertiary/aromatic N) is 4. The second kappa shape index (κ2) is 7.77. The molecule has 3 aromatic rings. The van der Waals surface area contributed by atoms with Crippen LogP contribution in [-0.2, 0) is 0 Å². The van der Waals surface area contributed by atoms with Crippen LogP contribution < -0.4 is 16.4 Å². The zero-order valence-electron chi connectivity index (χ0n) is 15.7. The predicted molar refractivity (Wildman–Crippen MR) is 107 cm³/mol. The summed E-state index contributed by atoms with van der Waals surface area (Å²) in [6.07, 6.45) is 7.73. The summed E-state index contributed by atoms with van der Waals surface area (Å²) < 4.78 is 2.01. The van der Waals surface area contributed by atoms with Crippen molar-refractivity contribution in [3.8, 4) is 11.3 Å². The van der Waals surface area contributed by atoms with Crippen LogP contribution >= 0.6 is 0 Å². The summed E-state index contributed by atoms with van der Waals surface area (Å²) >= 11 is 0. The van der Waals surface area contributed by atoms with Gasteiger partial charge in [0.1, 0.15) is 0 Å². The zero-order chi connectivity index (χ0) is 19.5. The SMILES string of the molecule is Cc1cnc(Nc2cnn(C3CCNCC3)c2)nc1-c1ccc(C(N)=O)cc1. The van der Waals surface area contributed by atoms with E-state index in [1.54, 1.807) is 24.5 Å². The molecule has 4 N–H and O–H groups in total. The highest BCUT2D eigenvalue weighted by Crippen LogP contribution is 2.24. The van der Waals surface area contributed by atoms with Gasteiger partial charge in [-0.05, 0) is 50.6 Å². The van der Waals surface area contributed by atoms with Crippen molar-refractivity contribution in [2.75, 3.05) is 18.4 Å². The van der Waals surface area contributed by atoms with Crippen molar-refractivity contribution in [1.29, 1.82) is 0 Å². The molecule has 0 unspecified atom stereocenters. The number of hydrogen-bond donors (Lipinski definition) is 3. The van der Waals surface area contributed by atoms with Gasteiger partial charge in [0.05, 0.1) is 23.6 Å². The van der Waals surface area contributed by atoms with Crippen LogP contribution in [0.4, 0.5) is 11.6 Å². The summed E-state index contributed by atoms with van der Waals surface area (Å²) in [5.74, 6) is 0.0588. The second-order valence-electron chi connectivity index (χ2n) is 6.98. The Morgan fingerprint density at radius 1 is 1.21 bits per heavy atom. The van der Waals surface area contributed by atoms with Gasteiger partial charge in [0, 0.05) is 23.5 Å². The molecule has 28 heavy (non-hydrogen) atoms. The predicted octanol–water partition coefficient (Wildman–Crippen LogP) is 2.42. The molecule has 0 spiro atoms. The van der Waals surface area contributed by atoms with Crippen molar-refractivity contribution in [2.24, 2.45) is 5.73 Å². The van der Waals surface area contributed by atoms with E-state index in [9.17, 15) is 4.79 Å². The van der Waals surface area contributed by atoms with Crippen molar-refractivity contribution in [1.82, 2.24) is 25.1 Å². The Morgan fingerprint density at radius 2 is 1.96 bits per heavy atom. The minimum atomic E-state index is -0.445. The maximum atomic E-state index is 11.3. The zero-order valence-corrected chi connectivity index (χ0v) is 15.7. The fourth-order valence-electron chi connectivity index (χ4n) is 3.39. The van der Waals surface area contributed by atoms with Crippen LogP contribution in [0.25, 0.3) is 11.3 Å². The number of benzene rings is 1. The first kappa shape index (κ1) is 18.1. The number of nitrogens with two attached hydrogens (primary N) is 1. The van der Waals surface area contributed by atoms with Gasteiger partial charge in [-0.25, -0.2) is 9.97 Å². The number of anilines is 2. The summed E-state index contributed by atoms with van der Waals surface area (Å²) in [4.78, 5) is 20.3. The molecule has 0 aliphatic carbocycles. The third-order valence-electron chi connectivity index (χ3n) is 4.96. The quantitative estimate of drug-likeness (QED) is 0.630. The highest BCUT2D eigenvalue weighted by atomic mass is 16.1. The lowest BCUT2D eigenvalue weighted by atomic mass is 10.1. The molecule has 1 amide bonds. The molecule has 2 aromatic heterocycles. The standard InChI is InChI=1S/C20H23N7O/c1-13-10-23-20(26-18(13)14-2-4-15(5-3-14)19(21)28)25-16-11-24-27(12-16)17-6-8-22-9-7-17/h2-5,10-12,17,22H,6-9H2,1H3,(H2,21,28)(H,23,25,26). The number of rotatable bonds is 5. The molecule has 1 aromatic carbocycles. The first-order valence-corrected chi connectivity index (χ1v) is 9.36. The molecule has 8 heteroatoms. The Balaban J connectivity index is 1.54. The molecule has 1 aliphatic rings. The molecule has 1 aliphatic heterocycles. The molecular formula is C20H23N7O. The van der Waals surface area contributed by atoms with Crippen LogP contribution in [0.5, 0.6) is 0 Å². The largest absolute Gasteiger partial charge is 0.366 e. The Bertz CT molecular complexity index is 974. The smallest absolute Gasteiger partial charge is 0.248 e. The van der Waals surface area contributed by atoms with E-state index in [0.29, 0.717) is 17.6 Å². The van der Waals surface area contributed by atoms with Gasteiger partial charge in [-0.3, -0.25) is 9.48 Å². The lowest BCUT2D eigenvalue weighted by Gasteiger charge is -2.22. The number of amides is 1. The Hall–Kier alpha value is -3.26. The lowest BCUT2D eigenvalue weighted by molar-refractivity contribution is 0.100. The molecule has 1 fully saturated rings. The fraction of sp³-hybridized carbons (Fsp3) is 0.300. The number of carbonyl (C=O) groups excluding carboxylic acids is 1. The van der Waals surface area contributed by atoms with Crippen LogP contribution in [0.2, 0.25) is 0 Å². The highest BCUT2D eigenvalue weighted by molar-refractivity contribution is 5.93. The number of nitrogens with one attached hydrogen (secondary N) is 2. The molecule has 3 heterocycles. The number of primary amides is 1. The first-order chi connectivity index (χ1) is 13.6.